The molecule has 1 saturated carbocycles. The van der Waals surface area contributed by atoms with Crippen LogP contribution in [0.2, 0.25) is 0 Å². The molecule has 44 heavy (non-hydrogen) atoms. The maximum absolute atomic E-state index is 13.4. The number of carbonyl (C=O) groups is 2. The van der Waals surface area contributed by atoms with Gasteiger partial charge in [-0.1, -0.05) is 19.8 Å². The lowest BCUT2D eigenvalue weighted by Gasteiger charge is -2.55. The lowest BCUT2D eigenvalue weighted by molar-refractivity contribution is -0.145. The van der Waals surface area contributed by atoms with E-state index >= 15 is 0 Å². The van der Waals surface area contributed by atoms with Crippen molar-refractivity contribution in [1.82, 2.24) is 24.7 Å². The molecule has 6 rings (SSSR count). The SMILES string of the molecule is CCCC[C@H]1CN(C[C@@H]2[C@@H]3COC[C@@H]32)C(=O)OC12CCN(C1(C)CCN(C(=O)c3c(C)nc(C(F)(F)F)nc3C)CC1)CC2. The molecule has 1 aromatic rings. The predicted molar refractivity (Wildman–Crippen MR) is 156 cm³/mol. The van der Waals surface area contributed by atoms with Gasteiger partial charge in [0.2, 0.25) is 5.82 Å². The van der Waals surface area contributed by atoms with E-state index in [2.05, 4.69) is 28.7 Å². The zero-order chi connectivity index (χ0) is 31.4. The highest BCUT2D eigenvalue weighted by Gasteiger charge is 2.57. The number of rotatable bonds is 7. The van der Waals surface area contributed by atoms with E-state index in [1.807, 2.05) is 4.90 Å². The van der Waals surface area contributed by atoms with Gasteiger partial charge in [-0.25, -0.2) is 14.8 Å². The molecule has 1 spiro atoms. The maximum atomic E-state index is 13.4. The normalized spacial score (nSPS) is 29.9. The molecule has 4 atom stereocenters. The van der Waals surface area contributed by atoms with E-state index in [4.69, 9.17) is 9.47 Å². The minimum atomic E-state index is -4.66. The van der Waals surface area contributed by atoms with Crippen LogP contribution in [-0.2, 0) is 15.7 Å². The first-order chi connectivity index (χ1) is 20.8. The average Bonchev–Trinajstić information content (AvgIpc) is 3.37. The highest BCUT2D eigenvalue weighted by atomic mass is 19.4. The third kappa shape index (κ3) is 5.81. The number of likely N-dealkylation sites (tertiary alicyclic amines) is 2. The van der Waals surface area contributed by atoms with Crippen LogP contribution in [0.15, 0.2) is 0 Å². The van der Waals surface area contributed by atoms with Crippen LogP contribution in [0.4, 0.5) is 18.0 Å². The van der Waals surface area contributed by atoms with Crippen molar-refractivity contribution < 1.29 is 32.2 Å². The number of piperidine rings is 2. The van der Waals surface area contributed by atoms with Crippen LogP contribution in [0.1, 0.15) is 86.4 Å². The molecular formula is C32H46F3N5O4. The van der Waals surface area contributed by atoms with Crippen molar-refractivity contribution in [3.63, 3.8) is 0 Å². The number of halogens is 3. The van der Waals surface area contributed by atoms with Crippen LogP contribution in [0.3, 0.4) is 0 Å². The minimum Gasteiger partial charge on any atom is -0.442 e. The number of carbonyl (C=O) groups excluding carboxylic acids is 2. The summed E-state index contributed by atoms with van der Waals surface area (Å²) in [6, 6.07) is 0. The number of hydrogen-bond donors (Lipinski definition) is 0. The molecular weight excluding hydrogens is 575 g/mol. The summed E-state index contributed by atoms with van der Waals surface area (Å²) in [4.78, 5) is 40.1. The Hall–Kier alpha value is -2.47. The summed E-state index contributed by atoms with van der Waals surface area (Å²) in [5.74, 6) is 0.558. The Balaban J connectivity index is 1.06. The Bertz CT molecular complexity index is 1230. The highest BCUT2D eigenvalue weighted by Crippen LogP contribution is 2.52. The highest BCUT2D eigenvalue weighted by molar-refractivity contribution is 5.96. The van der Waals surface area contributed by atoms with Crippen molar-refractivity contribution in [2.75, 3.05) is 52.5 Å². The van der Waals surface area contributed by atoms with E-state index in [1.165, 1.54) is 13.8 Å². The van der Waals surface area contributed by atoms with E-state index in [0.717, 1.165) is 84.3 Å². The third-order valence-electron chi connectivity index (χ3n) is 11.4. The summed E-state index contributed by atoms with van der Waals surface area (Å²) in [5, 5.41) is 0. The number of nitrogens with zero attached hydrogens (tertiary/aromatic N) is 5. The van der Waals surface area contributed by atoms with Crippen LogP contribution in [0, 0.1) is 37.5 Å². The molecule has 5 fully saturated rings. The molecule has 1 aliphatic carbocycles. The molecule has 0 unspecified atom stereocenters. The van der Waals surface area contributed by atoms with E-state index in [1.54, 1.807) is 4.90 Å². The molecule has 0 radical (unpaired) electrons. The number of alkyl halides is 3. The molecule has 9 nitrogen and oxygen atoms in total. The number of fused-ring (bicyclic) bond motifs is 1. The molecule has 12 heteroatoms. The molecule has 5 heterocycles. The number of aromatic nitrogens is 2. The zero-order valence-corrected chi connectivity index (χ0v) is 26.4. The summed E-state index contributed by atoms with van der Waals surface area (Å²) in [6.45, 7) is 13.2. The van der Waals surface area contributed by atoms with Gasteiger partial charge in [0.05, 0.1) is 30.2 Å². The molecule has 4 aliphatic heterocycles. The first-order valence-corrected chi connectivity index (χ1v) is 16.4. The first-order valence-electron chi connectivity index (χ1n) is 16.4. The molecule has 5 aliphatic rings. The summed E-state index contributed by atoms with van der Waals surface area (Å²) in [7, 11) is 0. The lowest BCUT2D eigenvalue weighted by atomic mass is 9.74. The minimum absolute atomic E-state index is 0.0525. The van der Waals surface area contributed by atoms with Crippen LogP contribution in [0.5, 0.6) is 0 Å². The molecule has 4 saturated heterocycles. The summed E-state index contributed by atoms with van der Waals surface area (Å²) >= 11 is 0. The number of hydrogen-bond acceptors (Lipinski definition) is 7. The van der Waals surface area contributed by atoms with E-state index in [9.17, 15) is 22.8 Å². The van der Waals surface area contributed by atoms with E-state index in [-0.39, 0.29) is 34.5 Å². The molecule has 2 amide bonds. The predicted octanol–water partition coefficient (Wildman–Crippen LogP) is 5.09. The topological polar surface area (TPSA) is 88.1 Å². The Kier molecular flexibility index (Phi) is 8.39. The number of ether oxygens (including phenoxy) is 2. The smallest absolute Gasteiger partial charge is 0.442 e. The van der Waals surface area contributed by atoms with Gasteiger partial charge in [-0.3, -0.25) is 9.69 Å². The van der Waals surface area contributed by atoms with Crippen molar-refractivity contribution in [2.45, 2.75) is 90.0 Å². The average molecular weight is 622 g/mol. The molecule has 0 N–H and O–H groups in total. The first kappa shape index (κ1) is 31.5. The van der Waals surface area contributed by atoms with Crippen LogP contribution in [-0.4, -0.2) is 100 Å². The van der Waals surface area contributed by atoms with Crippen LogP contribution in [0.25, 0.3) is 0 Å². The van der Waals surface area contributed by atoms with Gasteiger partial charge in [0.25, 0.3) is 5.91 Å². The lowest BCUT2D eigenvalue weighted by Crippen LogP contribution is -2.63. The van der Waals surface area contributed by atoms with Gasteiger partial charge in [-0.2, -0.15) is 13.2 Å². The summed E-state index contributed by atoms with van der Waals surface area (Å²) in [6.07, 6.45) is 1.60. The summed E-state index contributed by atoms with van der Waals surface area (Å²) in [5.41, 5.74) is -0.277. The quantitative estimate of drug-likeness (QED) is 0.419. The Morgan fingerprint density at radius 1 is 1.00 bits per heavy atom. The standard InChI is InChI=1S/C32H46F3N5O4/c1-5-6-7-22-16-39(17-23-24-18-43-19-25(23)24)29(42)44-31(22)10-14-40(15-11-31)30(4)8-12-38(13-9-30)27(41)26-20(2)36-28(32(33,34)35)37-21(26)3/h22-25H,5-19H2,1-4H3/t22-,23-,24+,25-/m0/s1. The van der Waals surface area contributed by atoms with Gasteiger partial charge >= 0.3 is 12.3 Å². The van der Waals surface area contributed by atoms with Gasteiger partial charge in [-0.05, 0) is 57.8 Å². The third-order valence-corrected chi connectivity index (χ3v) is 11.4. The van der Waals surface area contributed by atoms with E-state index < -0.39 is 17.6 Å². The molecule has 244 valence electrons. The monoisotopic (exact) mass is 621 g/mol. The molecule has 1 aromatic heterocycles. The summed E-state index contributed by atoms with van der Waals surface area (Å²) < 4.78 is 51.4. The van der Waals surface area contributed by atoms with Crippen molar-refractivity contribution in [3.05, 3.63) is 22.8 Å². The maximum Gasteiger partial charge on any atom is 0.451 e. The van der Waals surface area contributed by atoms with E-state index in [0.29, 0.717) is 36.8 Å². The number of unbranched alkanes of at least 4 members (excludes halogenated alkanes) is 1. The van der Waals surface area contributed by atoms with Gasteiger partial charge in [0, 0.05) is 63.6 Å². The van der Waals surface area contributed by atoms with Crippen molar-refractivity contribution >= 4 is 12.0 Å². The van der Waals surface area contributed by atoms with Crippen molar-refractivity contribution in [2.24, 2.45) is 23.7 Å². The number of amides is 2. The Morgan fingerprint density at radius 3 is 2.18 bits per heavy atom. The molecule has 0 bridgehead atoms. The van der Waals surface area contributed by atoms with Crippen LogP contribution < -0.4 is 0 Å². The fourth-order valence-electron chi connectivity index (χ4n) is 8.42. The van der Waals surface area contributed by atoms with Gasteiger partial charge in [0.15, 0.2) is 0 Å². The Morgan fingerprint density at radius 2 is 1.61 bits per heavy atom. The van der Waals surface area contributed by atoms with Crippen LogP contribution >= 0.6 is 0 Å². The zero-order valence-electron chi connectivity index (χ0n) is 26.4. The van der Waals surface area contributed by atoms with Crippen molar-refractivity contribution in [3.8, 4) is 0 Å². The second-order valence-electron chi connectivity index (χ2n) is 14.1. The fraction of sp³-hybridized carbons (Fsp3) is 0.812. The fourth-order valence-corrected chi connectivity index (χ4v) is 8.42. The molecule has 0 aromatic carbocycles. The van der Waals surface area contributed by atoms with Gasteiger partial charge in [0.1, 0.15) is 5.60 Å². The second kappa shape index (κ2) is 11.7. The second-order valence-corrected chi connectivity index (χ2v) is 14.1. The van der Waals surface area contributed by atoms with Gasteiger partial charge < -0.3 is 19.3 Å². The van der Waals surface area contributed by atoms with Gasteiger partial charge in [-0.15, -0.1) is 0 Å². The van der Waals surface area contributed by atoms with Crippen molar-refractivity contribution in [1.29, 1.82) is 0 Å². The largest absolute Gasteiger partial charge is 0.451 e. The Labute approximate surface area is 257 Å². The number of aryl methyl sites for hydroxylation is 2.